The Morgan fingerprint density at radius 1 is 1.33 bits per heavy atom. The molecule has 0 aliphatic heterocycles. The van der Waals surface area contributed by atoms with Crippen LogP contribution in [0.25, 0.3) is 0 Å². The molecule has 0 atom stereocenters. The molecule has 0 spiro atoms. The highest BCUT2D eigenvalue weighted by Gasteiger charge is 1.96. The molecule has 0 bridgehead atoms. The fraction of sp³-hybridized carbons (Fsp3) is 0.357. The van der Waals surface area contributed by atoms with E-state index in [9.17, 15) is 4.79 Å². The molecule has 1 rings (SSSR count). The highest BCUT2D eigenvalue weighted by Crippen LogP contribution is 2.09. The molecule has 98 valence electrons. The van der Waals surface area contributed by atoms with Crippen LogP contribution in [-0.4, -0.2) is 17.4 Å². The number of phenolic OH excluding ortho intramolecular Hbond substituents is 1. The maximum atomic E-state index is 10.8. The van der Waals surface area contributed by atoms with Crippen molar-refractivity contribution in [3.8, 4) is 5.75 Å². The fourth-order valence-corrected chi connectivity index (χ4v) is 1.47. The van der Waals surface area contributed by atoms with Gasteiger partial charge in [0, 0.05) is 24.9 Å². The van der Waals surface area contributed by atoms with E-state index in [1.165, 1.54) is 0 Å². The number of nitrogens with two attached hydrogens (primary N) is 1. The largest absolute Gasteiger partial charge is 0.508 e. The first-order valence-electron chi connectivity index (χ1n) is 6.03. The molecule has 0 aromatic heterocycles. The van der Waals surface area contributed by atoms with Gasteiger partial charge in [-0.2, -0.15) is 0 Å². The summed E-state index contributed by atoms with van der Waals surface area (Å²) in [6, 6.07) is 7.12. The number of ketones is 1. The summed E-state index contributed by atoms with van der Waals surface area (Å²) in [5, 5.41) is 12.2. The van der Waals surface area contributed by atoms with Crippen LogP contribution >= 0.6 is 0 Å². The lowest BCUT2D eigenvalue weighted by Crippen LogP contribution is -2.13. The van der Waals surface area contributed by atoms with E-state index in [2.05, 4.69) is 5.32 Å². The van der Waals surface area contributed by atoms with E-state index in [0.29, 0.717) is 18.5 Å². The molecule has 0 aliphatic carbocycles. The average molecular weight is 248 g/mol. The SMILES string of the molecule is CC(=O)CC/C(N)=C/NCCc1ccc(O)cc1. The molecule has 1 aromatic rings. The lowest BCUT2D eigenvalue weighted by atomic mass is 10.1. The molecule has 4 N–H and O–H groups in total. The van der Waals surface area contributed by atoms with Crippen LogP contribution in [0.2, 0.25) is 0 Å². The first-order chi connectivity index (χ1) is 8.58. The number of phenols is 1. The standard InChI is InChI=1S/C14H20N2O2/c1-11(17)2-5-13(15)10-16-9-8-12-3-6-14(18)7-4-12/h3-4,6-7,10,16,18H,2,5,8-9,15H2,1H3/b13-10-. The van der Waals surface area contributed by atoms with Gasteiger partial charge in [-0.05, 0) is 37.5 Å². The number of hydrogen-bond acceptors (Lipinski definition) is 4. The van der Waals surface area contributed by atoms with E-state index >= 15 is 0 Å². The van der Waals surface area contributed by atoms with Gasteiger partial charge in [-0.15, -0.1) is 0 Å². The van der Waals surface area contributed by atoms with Crippen molar-refractivity contribution in [2.45, 2.75) is 26.2 Å². The Balaban J connectivity index is 2.23. The summed E-state index contributed by atoms with van der Waals surface area (Å²) in [6.07, 6.45) is 3.70. The Labute approximate surface area is 108 Å². The molecule has 0 aliphatic rings. The first kappa shape index (κ1) is 14.1. The zero-order valence-corrected chi connectivity index (χ0v) is 10.6. The number of aromatic hydroxyl groups is 1. The number of benzene rings is 1. The number of carbonyl (C=O) groups is 1. The van der Waals surface area contributed by atoms with Crippen LogP contribution < -0.4 is 11.1 Å². The Hall–Kier alpha value is -1.97. The molecular formula is C14H20N2O2. The summed E-state index contributed by atoms with van der Waals surface area (Å²) >= 11 is 0. The van der Waals surface area contributed by atoms with Gasteiger partial charge in [0.2, 0.25) is 0 Å². The third kappa shape index (κ3) is 5.94. The van der Waals surface area contributed by atoms with Crippen molar-refractivity contribution < 1.29 is 9.90 Å². The van der Waals surface area contributed by atoms with Gasteiger partial charge in [0.15, 0.2) is 0 Å². The number of carbonyl (C=O) groups excluding carboxylic acids is 1. The third-order valence-electron chi connectivity index (χ3n) is 2.55. The first-order valence-corrected chi connectivity index (χ1v) is 6.03. The third-order valence-corrected chi connectivity index (χ3v) is 2.55. The Morgan fingerprint density at radius 3 is 2.61 bits per heavy atom. The topological polar surface area (TPSA) is 75.4 Å². The zero-order chi connectivity index (χ0) is 13.4. The fourth-order valence-electron chi connectivity index (χ4n) is 1.47. The van der Waals surface area contributed by atoms with Crippen LogP contribution in [-0.2, 0) is 11.2 Å². The van der Waals surface area contributed by atoms with Gasteiger partial charge in [0.25, 0.3) is 0 Å². The van der Waals surface area contributed by atoms with Crippen LogP contribution in [0.5, 0.6) is 5.75 Å². The van der Waals surface area contributed by atoms with Crippen molar-refractivity contribution in [3.63, 3.8) is 0 Å². The van der Waals surface area contributed by atoms with Gasteiger partial charge in [-0.3, -0.25) is 0 Å². The van der Waals surface area contributed by atoms with Crippen molar-refractivity contribution in [1.29, 1.82) is 0 Å². The summed E-state index contributed by atoms with van der Waals surface area (Å²) in [7, 11) is 0. The van der Waals surface area contributed by atoms with Gasteiger partial charge in [-0.1, -0.05) is 12.1 Å². The predicted molar refractivity (Wildman–Crippen MR) is 72.0 cm³/mol. The molecule has 0 heterocycles. The maximum Gasteiger partial charge on any atom is 0.130 e. The van der Waals surface area contributed by atoms with Crippen molar-refractivity contribution in [3.05, 3.63) is 41.7 Å². The van der Waals surface area contributed by atoms with Crippen LogP contribution in [0, 0.1) is 0 Å². The molecule has 4 nitrogen and oxygen atoms in total. The Kier molecular flexibility index (Phi) is 5.77. The van der Waals surface area contributed by atoms with E-state index in [1.807, 2.05) is 12.1 Å². The van der Waals surface area contributed by atoms with Gasteiger partial charge in [0.1, 0.15) is 11.5 Å². The molecule has 0 radical (unpaired) electrons. The molecule has 0 unspecified atom stereocenters. The second kappa shape index (κ2) is 7.37. The minimum absolute atomic E-state index is 0.149. The number of Topliss-reactive ketones (excluding diaryl/α,β-unsaturated/α-hetero) is 1. The van der Waals surface area contributed by atoms with Gasteiger partial charge in [0.05, 0.1) is 0 Å². The molecule has 4 heteroatoms. The van der Waals surface area contributed by atoms with Crippen LogP contribution in [0.3, 0.4) is 0 Å². The van der Waals surface area contributed by atoms with Crippen molar-refractivity contribution in [1.82, 2.24) is 5.32 Å². The molecule has 18 heavy (non-hydrogen) atoms. The Bertz CT molecular complexity index is 410. The van der Waals surface area contributed by atoms with Crippen LogP contribution in [0.15, 0.2) is 36.2 Å². The van der Waals surface area contributed by atoms with E-state index in [4.69, 9.17) is 10.8 Å². The molecule has 0 saturated carbocycles. The van der Waals surface area contributed by atoms with Gasteiger partial charge < -0.3 is 21.0 Å². The molecule has 1 aromatic carbocycles. The lowest BCUT2D eigenvalue weighted by molar-refractivity contribution is -0.116. The zero-order valence-electron chi connectivity index (χ0n) is 10.6. The minimum atomic E-state index is 0.149. The molecule has 0 amide bonds. The molecule has 0 fully saturated rings. The monoisotopic (exact) mass is 248 g/mol. The van der Waals surface area contributed by atoms with Crippen molar-refractivity contribution in [2.75, 3.05) is 6.54 Å². The highest BCUT2D eigenvalue weighted by atomic mass is 16.3. The maximum absolute atomic E-state index is 10.8. The minimum Gasteiger partial charge on any atom is -0.508 e. The van der Waals surface area contributed by atoms with Crippen LogP contribution in [0.1, 0.15) is 25.3 Å². The lowest BCUT2D eigenvalue weighted by Gasteiger charge is -2.04. The van der Waals surface area contributed by atoms with Gasteiger partial charge in [-0.25, -0.2) is 0 Å². The highest BCUT2D eigenvalue weighted by molar-refractivity contribution is 5.75. The summed E-state index contributed by atoms with van der Waals surface area (Å²) in [5.74, 6) is 0.426. The van der Waals surface area contributed by atoms with E-state index < -0.39 is 0 Å². The Morgan fingerprint density at radius 2 is 2.00 bits per heavy atom. The summed E-state index contributed by atoms with van der Waals surface area (Å²) < 4.78 is 0. The summed E-state index contributed by atoms with van der Waals surface area (Å²) in [6.45, 7) is 2.33. The summed E-state index contributed by atoms with van der Waals surface area (Å²) in [4.78, 5) is 10.8. The predicted octanol–water partition coefficient (Wildman–Crippen LogP) is 1.69. The second-order valence-electron chi connectivity index (χ2n) is 4.29. The summed E-state index contributed by atoms with van der Waals surface area (Å²) in [5.41, 5.74) is 7.57. The quantitative estimate of drug-likeness (QED) is 0.642. The second-order valence-corrected chi connectivity index (χ2v) is 4.29. The van der Waals surface area contributed by atoms with Crippen molar-refractivity contribution in [2.24, 2.45) is 5.73 Å². The van der Waals surface area contributed by atoms with E-state index in [0.717, 1.165) is 18.5 Å². The number of nitrogens with one attached hydrogen (secondary N) is 1. The molecule has 0 saturated heterocycles. The average Bonchev–Trinajstić information content (AvgIpc) is 2.34. The number of rotatable bonds is 7. The van der Waals surface area contributed by atoms with Crippen molar-refractivity contribution >= 4 is 5.78 Å². The smallest absolute Gasteiger partial charge is 0.130 e. The molecular weight excluding hydrogens is 228 g/mol. The van der Waals surface area contributed by atoms with E-state index in [1.54, 1.807) is 25.3 Å². The number of hydrogen-bond donors (Lipinski definition) is 3. The van der Waals surface area contributed by atoms with Crippen LogP contribution in [0.4, 0.5) is 0 Å². The van der Waals surface area contributed by atoms with Gasteiger partial charge >= 0.3 is 0 Å². The normalized spacial score (nSPS) is 11.3. The number of allylic oxidation sites excluding steroid dienone is 1. The van der Waals surface area contributed by atoms with E-state index in [-0.39, 0.29) is 11.5 Å².